The lowest BCUT2D eigenvalue weighted by atomic mass is 10.2. The quantitative estimate of drug-likeness (QED) is 0.792. The molecule has 0 aliphatic carbocycles. The maximum Gasteiger partial charge on any atom is 0.266 e. The van der Waals surface area contributed by atoms with Crippen molar-refractivity contribution >= 4 is 23.2 Å². The van der Waals surface area contributed by atoms with Gasteiger partial charge in [0.25, 0.3) is 5.91 Å². The monoisotopic (exact) mass is 326 g/mol. The van der Waals surface area contributed by atoms with Gasteiger partial charge >= 0.3 is 0 Å². The number of hydrogen-bond acceptors (Lipinski definition) is 6. The van der Waals surface area contributed by atoms with E-state index in [9.17, 15) is 9.59 Å². The van der Waals surface area contributed by atoms with Crippen molar-refractivity contribution in [3.8, 4) is 0 Å². The van der Waals surface area contributed by atoms with Crippen LogP contribution in [-0.4, -0.2) is 72.5 Å². The Morgan fingerprint density at radius 3 is 3.00 bits per heavy atom. The highest BCUT2D eigenvalue weighted by atomic mass is 32.1. The molecule has 1 atom stereocenters. The first kappa shape index (κ1) is 16.9. The normalized spacial score (nSPS) is 19.1. The van der Waals surface area contributed by atoms with Gasteiger partial charge in [0.1, 0.15) is 4.88 Å². The number of morpholine rings is 1. The van der Waals surface area contributed by atoms with Gasteiger partial charge < -0.3 is 20.3 Å². The number of likely N-dealkylation sites (N-methyl/N-ethyl adjacent to an activating group) is 1. The van der Waals surface area contributed by atoms with Gasteiger partial charge in [0.05, 0.1) is 30.5 Å². The van der Waals surface area contributed by atoms with E-state index in [2.05, 4.69) is 9.88 Å². The van der Waals surface area contributed by atoms with Gasteiger partial charge in [-0.2, -0.15) is 0 Å². The molecule has 22 heavy (non-hydrogen) atoms. The molecule has 1 aromatic heterocycles. The number of aromatic nitrogens is 1. The zero-order valence-corrected chi connectivity index (χ0v) is 13.8. The third-order valence-corrected chi connectivity index (χ3v) is 4.43. The van der Waals surface area contributed by atoms with Gasteiger partial charge in [-0.1, -0.05) is 6.92 Å². The van der Waals surface area contributed by atoms with E-state index in [1.165, 1.54) is 16.2 Å². The van der Waals surface area contributed by atoms with Gasteiger partial charge in [0.15, 0.2) is 0 Å². The van der Waals surface area contributed by atoms with E-state index in [1.807, 2.05) is 14.0 Å². The maximum absolute atomic E-state index is 12.7. The summed E-state index contributed by atoms with van der Waals surface area (Å²) in [4.78, 5) is 32.4. The maximum atomic E-state index is 12.7. The van der Waals surface area contributed by atoms with E-state index < -0.39 is 5.91 Å². The van der Waals surface area contributed by atoms with E-state index in [1.54, 1.807) is 5.51 Å². The molecule has 1 aliphatic rings. The summed E-state index contributed by atoms with van der Waals surface area (Å²) in [7, 11) is 2.01. The topological polar surface area (TPSA) is 88.8 Å². The van der Waals surface area contributed by atoms with E-state index >= 15 is 0 Å². The van der Waals surface area contributed by atoms with Crippen molar-refractivity contribution in [3.05, 3.63) is 16.1 Å². The molecule has 2 heterocycles. The largest absolute Gasteiger partial charge is 0.374 e. The SMILES string of the molecule is CCc1ncsc1C(=O)N(CC(N)=O)CC1CN(C)CCO1. The fraction of sp³-hybridized carbons (Fsp3) is 0.643. The molecule has 1 saturated heterocycles. The molecule has 0 aromatic carbocycles. The summed E-state index contributed by atoms with van der Waals surface area (Å²) in [6.07, 6.45) is 0.567. The number of hydrogen-bond donors (Lipinski definition) is 1. The fourth-order valence-electron chi connectivity index (χ4n) is 2.47. The van der Waals surface area contributed by atoms with Gasteiger partial charge in [-0.15, -0.1) is 11.3 Å². The summed E-state index contributed by atoms with van der Waals surface area (Å²) in [5.41, 5.74) is 7.70. The Labute approximate surface area is 134 Å². The van der Waals surface area contributed by atoms with Crippen molar-refractivity contribution in [3.63, 3.8) is 0 Å². The molecule has 0 bridgehead atoms. The van der Waals surface area contributed by atoms with Gasteiger partial charge in [0, 0.05) is 19.6 Å². The first-order valence-electron chi connectivity index (χ1n) is 7.31. The van der Waals surface area contributed by atoms with Crippen LogP contribution in [-0.2, 0) is 16.0 Å². The van der Waals surface area contributed by atoms with E-state index in [-0.39, 0.29) is 18.6 Å². The van der Waals surface area contributed by atoms with Crippen molar-refractivity contribution < 1.29 is 14.3 Å². The minimum atomic E-state index is -0.528. The molecule has 8 heteroatoms. The van der Waals surface area contributed by atoms with E-state index in [0.717, 1.165) is 18.8 Å². The Kier molecular flexibility index (Phi) is 5.87. The number of primary amides is 1. The number of nitrogens with zero attached hydrogens (tertiary/aromatic N) is 3. The summed E-state index contributed by atoms with van der Waals surface area (Å²) >= 11 is 1.29. The van der Waals surface area contributed by atoms with Crippen molar-refractivity contribution in [1.82, 2.24) is 14.8 Å². The number of aryl methyl sites for hydroxylation is 1. The highest BCUT2D eigenvalue weighted by Crippen LogP contribution is 2.17. The number of ether oxygens (including phenoxy) is 1. The van der Waals surface area contributed by atoms with E-state index in [4.69, 9.17) is 10.5 Å². The Bertz CT molecular complexity index is 534. The van der Waals surface area contributed by atoms with Crippen LogP contribution in [0.4, 0.5) is 0 Å². The van der Waals surface area contributed by atoms with Crippen LogP contribution in [0.5, 0.6) is 0 Å². The molecule has 122 valence electrons. The lowest BCUT2D eigenvalue weighted by Gasteiger charge is -2.33. The molecule has 1 aliphatic heterocycles. The van der Waals surface area contributed by atoms with Crippen LogP contribution in [0.15, 0.2) is 5.51 Å². The third-order valence-electron chi connectivity index (χ3n) is 3.57. The van der Waals surface area contributed by atoms with Gasteiger partial charge in [-0.05, 0) is 13.5 Å². The first-order valence-corrected chi connectivity index (χ1v) is 8.19. The first-order chi connectivity index (χ1) is 10.5. The minimum absolute atomic E-state index is 0.108. The molecule has 2 rings (SSSR count). The molecule has 0 radical (unpaired) electrons. The van der Waals surface area contributed by atoms with Crippen molar-refractivity contribution in [2.24, 2.45) is 5.73 Å². The number of thiazole rings is 1. The lowest BCUT2D eigenvalue weighted by Crippen LogP contribution is -2.49. The van der Waals surface area contributed by atoms with Gasteiger partial charge in [0.2, 0.25) is 5.91 Å². The molecule has 0 spiro atoms. The van der Waals surface area contributed by atoms with Crippen LogP contribution >= 0.6 is 11.3 Å². The molecule has 7 nitrogen and oxygen atoms in total. The summed E-state index contributed by atoms with van der Waals surface area (Å²) in [6.45, 7) is 4.42. The highest BCUT2D eigenvalue weighted by molar-refractivity contribution is 7.11. The Morgan fingerprint density at radius 1 is 1.59 bits per heavy atom. The number of carbonyl (C=O) groups is 2. The second-order valence-electron chi connectivity index (χ2n) is 5.39. The zero-order chi connectivity index (χ0) is 16.1. The highest BCUT2D eigenvalue weighted by Gasteiger charge is 2.27. The van der Waals surface area contributed by atoms with Gasteiger partial charge in [-0.25, -0.2) is 4.98 Å². The molecule has 2 N–H and O–H groups in total. The van der Waals surface area contributed by atoms with Crippen LogP contribution in [0.3, 0.4) is 0 Å². The Morgan fingerprint density at radius 2 is 2.36 bits per heavy atom. The average molecular weight is 326 g/mol. The zero-order valence-electron chi connectivity index (χ0n) is 12.9. The van der Waals surface area contributed by atoms with Crippen LogP contribution in [0, 0.1) is 0 Å². The molecular weight excluding hydrogens is 304 g/mol. The standard InChI is InChI=1S/C14H22N4O3S/c1-3-11-13(22-9-16-11)14(20)18(8-12(15)19)7-10-6-17(2)4-5-21-10/h9-10H,3-8H2,1-2H3,(H2,15,19). The summed E-state index contributed by atoms with van der Waals surface area (Å²) < 4.78 is 5.68. The molecule has 1 unspecified atom stereocenters. The van der Waals surface area contributed by atoms with E-state index in [0.29, 0.717) is 24.4 Å². The molecular formula is C14H22N4O3S. The Balaban J connectivity index is 2.11. The predicted octanol–water partition coefficient (Wildman–Crippen LogP) is -0.0364. The number of amides is 2. The number of carbonyl (C=O) groups excluding carboxylic acids is 2. The summed E-state index contributed by atoms with van der Waals surface area (Å²) in [6, 6.07) is 0. The minimum Gasteiger partial charge on any atom is -0.374 e. The Hall–Kier alpha value is -1.51. The molecule has 2 amide bonds. The van der Waals surface area contributed by atoms with Crippen LogP contribution in [0.1, 0.15) is 22.3 Å². The molecule has 1 aromatic rings. The fourth-order valence-corrected chi connectivity index (χ4v) is 3.32. The predicted molar refractivity (Wildman–Crippen MR) is 83.8 cm³/mol. The molecule has 1 fully saturated rings. The second kappa shape index (κ2) is 7.66. The summed E-state index contributed by atoms with van der Waals surface area (Å²) in [5.74, 6) is -0.727. The third kappa shape index (κ3) is 4.25. The van der Waals surface area contributed by atoms with Crippen molar-refractivity contribution in [2.75, 3.05) is 39.8 Å². The number of nitrogens with two attached hydrogens (primary N) is 1. The van der Waals surface area contributed by atoms with Crippen LogP contribution < -0.4 is 5.73 Å². The lowest BCUT2D eigenvalue weighted by molar-refractivity contribution is -0.119. The van der Waals surface area contributed by atoms with Crippen LogP contribution in [0.25, 0.3) is 0 Å². The van der Waals surface area contributed by atoms with Gasteiger partial charge in [-0.3, -0.25) is 9.59 Å². The van der Waals surface area contributed by atoms with Crippen LogP contribution in [0.2, 0.25) is 0 Å². The average Bonchev–Trinajstić information content (AvgIpc) is 2.93. The number of rotatable bonds is 6. The second-order valence-corrected chi connectivity index (χ2v) is 6.24. The van der Waals surface area contributed by atoms with Crippen molar-refractivity contribution in [1.29, 1.82) is 0 Å². The molecule has 0 saturated carbocycles. The summed E-state index contributed by atoms with van der Waals surface area (Å²) in [5, 5.41) is 0. The smallest absolute Gasteiger partial charge is 0.266 e. The van der Waals surface area contributed by atoms with Crippen molar-refractivity contribution in [2.45, 2.75) is 19.4 Å².